The second kappa shape index (κ2) is 8.23. The minimum Gasteiger partial charge on any atom is -0.388 e. The van der Waals surface area contributed by atoms with Crippen LogP contribution in [0.15, 0.2) is 24.3 Å². The average Bonchev–Trinajstić information content (AvgIpc) is 3.17. The van der Waals surface area contributed by atoms with Gasteiger partial charge in [-0.2, -0.15) is 0 Å². The third kappa shape index (κ3) is 4.36. The molecule has 138 valence electrons. The molecule has 0 saturated carbocycles. The minimum absolute atomic E-state index is 0.232. The molecule has 0 aromatic heterocycles. The van der Waals surface area contributed by atoms with E-state index in [-0.39, 0.29) is 18.3 Å². The van der Waals surface area contributed by atoms with Crippen molar-refractivity contribution in [3.63, 3.8) is 0 Å². The highest BCUT2D eigenvalue weighted by molar-refractivity contribution is 5.94. The van der Waals surface area contributed by atoms with Crippen LogP contribution >= 0.6 is 0 Å². The van der Waals surface area contributed by atoms with Crippen LogP contribution in [0.2, 0.25) is 0 Å². The van der Waals surface area contributed by atoms with Crippen molar-refractivity contribution in [1.82, 2.24) is 10.2 Å². The van der Waals surface area contributed by atoms with Gasteiger partial charge >= 0.3 is 0 Å². The van der Waals surface area contributed by atoms with Crippen LogP contribution in [0, 0.1) is 5.82 Å². The number of nitrogens with one attached hydrogen (secondary N) is 1. The molecule has 2 heterocycles. The average molecular weight is 352 g/mol. The lowest BCUT2D eigenvalue weighted by Gasteiger charge is -2.28. The van der Waals surface area contributed by atoms with Gasteiger partial charge in [-0.25, -0.2) is 4.39 Å². The van der Waals surface area contributed by atoms with Crippen LogP contribution in [-0.2, 0) is 9.47 Å². The smallest absolute Gasteiger partial charge is 0.251 e. The molecule has 3 rings (SSSR count). The van der Waals surface area contributed by atoms with Gasteiger partial charge in [-0.05, 0) is 37.6 Å². The molecule has 4 unspecified atom stereocenters. The van der Waals surface area contributed by atoms with Crippen LogP contribution in [-0.4, -0.2) is 73.6 Å². The fourth-order valence-electron chi connectivity index (χ4n) is 3.60. The number of aliphatic hydroxyl groups excluding tert-OH is 1. The maximum Gasteiger partial charge on any atom is 0.251 e. The van der Waals surface area contributed by atoms with Crippen LogP contribution in [0.25, 0.3) is 0 Å². The number of amides is 1. The molecule has 0 bridgehead atoms. The molecule has 4 atom stereocenters. The first kappa shape index (κ1) is 18.3. The Kier molecular flexibility index (Phi) is 6.01. The second-order valence-electron chi connectivity index (χ2n) is 6.70. The summed E-state index contributed by atoms with van der Waals surface area (Å²) in [6.07, 6.45) is 1.05. The summed E-state index contributed by atoms with van der Waals surface area (Å²) in [6.45, 7) is 2.49. The highest BCUT2D eigenvalue weighted by atomic mass is 19.1. The zero-order chi connectivity index (χ0) is 17.8. The monoisotopic (exact) mass is 352 g/mol. The summed E-state index contributed by atoms with van der Waals surface area (Å²) in [6, 6.07) is 5.34. The van der Waals surface area contributed by atoms with Crippen molar-refractivity contribution >= 4 is 5.91 Å². The van der Waals surface area contributed by atoms with Gasteiger partial charge in [0.15, 0.2) is 0 Å². The largest absolute Gasteiger partial charge is 0.388 e. The molecule has 2 fully saturated rings. The molecule has 7 heteroatoms. The number of benzene rings is 1. The number of nitrogens with zero attached hydrogens (tertiary/aromatic N) is 1. The van der Waals surface area contributed by atoms with Crippen molar-refractivity contribution in [2.75, 3.05) is 33.4 Å². The Balaban J connectivity index is 1.54. The number of carbonyl (C=O) groups is 1. The highest BCUT2D eigenvalue weighted by Gasteiger charge is 2.39. The maximum absolute atomic E-state index is 13.2. The Hall–Kier alpha value is -1.54. The lowest BCUT2D eigenvalue weighted by Crippen LogP contribution is -2.47. The first-order valence-electron chi connectivity index (χ1n) is 8.67. The standard InChI is InChI=1S/C18H25FN2O4/c1-24-10-14-6-3-7-21(14)9-16-17(22)15(11-25-16)20-18(23)12-4-2-5-13(19)8-12/h2,4-5,8,14-17,22H,3,6-7,9-11H2,1H3,(H,20,23). The Morgan fingerprint density at radius 1 is 1.52 bits per heavy atom. The van der Waals surface area contributed by atoms with Gasteiger partial charge in [0.05, 0.1) is 25.4 Å². The molecule has 0 radical (unpaired) electrons. The van der Waals surface area contributed by atoms with Gasteiger partial charge < -0.3 is 19.9 Å². The number of rotatable bonds is 6. The van der Waals surface area contributed by atoms with Gasteiger partial charge in [-0.1, -0.05) is 6.07 Å². The summed E-state index contributed by atoms with van der Waals surface area (Å²) in [7, 11) is 1.69. The Morgan fingerprint density at radius 2 is 2.36 bits per heavy atom. The molecule has 1 aromatic rings. The number of likely N-dealkylation sites (tertiary alicyclic amines) is 1. The van der Waals surface area contributed by atoms with Gasteiger partial charge in [0.25, 0.3) is 5.91 Å². The third-order valence-electron chi connectivity index (χ3n) is 4.96. The number of halogens is 1. The molecule has 1 aromatic carbocycles. The van der Waals surface area contributed by atoms with Crippen LogP contribution in [0.3, 0.4) is 0 Å². The van der Waals surface area contributed by atoms with Crippen LogP contribution in [0.4, 0.5) is 4.39 Å². The summed E-state index contributed by atoms with van der Waals surface area (Å²) in [5, 5.41) is 13.2. The van der Waals surface area contributed by atoms with E-state index in [9.17, 15) is 14.3 Å². The van der Waals surface area contributed by atoms with Crippen molar-refractivity contribution < 1.29 is 23.8 Å². The van der Waals surface area contributed by atoms with Crippen LogP contribution in [0.5, 0.6) is 0 Å². The maximum atomic E-state index is 13.2. The Labute approximate surface area is 146 Å². The van der Waals surface area contributed by atoms with Crippen molar-refractivity contribution in [2.45, 2.75) is 37.1 Å². The number of methoxy groups -OCH3 is 1. The Bertz CT molecular complexity index is 600. The zero-order valence-corrected chi connectivity index (χ0v) is 14.4. The molecule has 0 spiro atoms. The van der Waals surface area contributed by atoms with Crippen molar-refractivity contribution in [3.05, 3.63) is 35.6 Å². The van der Waals surface area contributed by atoms with E-state index < -0.39 is 23.9 Å². The van der Waals surface area contributed by atoms with Gasteiger partial charge in [0.1, 0.15) is 11.9 Å². The molecular weight excluding hydrogens is 327 g/mol. The fraction of sp³-hybridized carbons (Fsp3) is 0.611. The lowest BCUT2D eigenvalue weighted by atomic mass is 10.1. The third-order valence-corrected chi connectivity index (χ3v) is 4.96. The molecule has 0 aliphatic carbocycles. The van der Waals surface area contributed by atoms with Crippen molar-refractivity contribution in [1.29, 1.82) is 0 Å². The SMILES string of the molecule is COCC1CCCN1CC1OCC(NC(=O)c2cccc(F)c2)C1O. The second-order valence-corrected chi connectivity index (χ2v) is 6.70. The fourth-order valence-corrected chi connectivity index (χ4v) is 3.60. The molecule has 6 nitrogen and oxygen atoms in total. The van der Waals surface area contributed by atoms with E-state index in [0.717, 1.165) is 19.4 Å². The molecule has 2 N–H and O–H groups in total. The van der Waals surface area contributed by atoms with E-state index in [4.69, 9.17) is 9.47 Å². The molecule has 2 aliphatic heterocycles. The lowest BCUT2D eigenvalue weighted by molar-refractivity contribution is 0.00456. The number of ether oxygens (including phenoxy) is 2. The van der Waals surface area contributed by atoms with Crippen molar-refractivity contribution in [3.8, 4) is 0 Å². The summed E-state index contributed by atoms with van der Waals surface area (Å²) >= 11 is 0. The summed E-state index contributed by atoms with van der Waals surface area (Å²) in [5.74, 6) is -0.877. The quantitative estimate of drug-likeness (QED) is 0.792. The number of hydrogen-bond donors (Lipinski definition) is 2. The minimum atomic E-state index is -0.790. The number of aliphatic hydroxyl groups is 1. The van der Waals surface area contributed by atoms with E-state index in [2.05, 4.69) is 10.2 Å². The normalized spacial score (nSPS) is 29.9. The zero-order valence-electron chi connectivity index (χ0n) is 14.4. The van der Waals surface area contributed by atoms with Crippen molar-refractivity contribution in [2.24, 2.45) is 0 Å². The summed E-state index contributed by atoms with van der Waals surface area (Å²) < 4.78 is 24.2. The van der Waals surface area contributed by atoms with E-state index in [1.54, 1.807) is 7.11 Å². The van der Waals surface area contributed by atoms with Gasteiger partial charge in [-0.3, -0.25) is 9.69 Å². The predicted octanol–water partition coefficient (Wildman–Crippen LogP) is 0.795. The van der Waals surface area contributed by atoms with E-state index in [0.29, 0.717) is 19.2 Å². The summed E-state index contributed by atoms with van der Waals surface area (Å²) in [5.41, 5.74) is 0.232. The predicted molar refractivity (Wildman–Crippen MR) is 89.9 cm³/mol. The highest BCUT2D eigenvalue weighted by Crippen LogP contribution is 2.22. The Morgan fingerprint density at radius 3 is 3.12 bits per heavy atom. The van der Waals surface area contributed by atoms with Gasteiger partial charge in [-0.15, -0.1) is 0 Å². The molecular formula is C18H25FN2O4. The van der Waals surface area contributed by atoms with Gasteiger partial charge in [0, 0.05) is 25.3 Å². The van der Waals surface area contributed by atoms with E-state index in [1.165, 1.54) is 24.3 Å². The molecule has 1 amide bonds. The number of hydrogen-bond acceptors (Lipinski definition) is 5. The number of carbonyl (C=O) groups excluding carboxylic acids is 1. The molecule has 2 aliphatic rings. The van der Waals surface area contributed by atoms with Crippen LogP contribution < -0.4 is 5.32 Å². The van der Waals surface area contributed by atoms with Gasteiger partial charge in [0.2, 0.25) is 0 Å². The van der Waals surface area contributed by atoms with E-state index in [1.807, 2.05) is 0 Å². The topological polar surface area (TPSA) is 71.0 Å². The first-order valence-corrected chi connectivity index (χ1v) is 8.67. The summed E-state index contributed by atoms with van der Waals surface area (Å²) in [4.78, 5) is 14.5. The first-order chi connectivity index (χ1) is 12.1. The van der Waals surface area contributed by atoms with Crippen LogP contribution in [0.1, 0.15) is 23.2 Å². The molecule has 2 saturated heterocycles. The molecule has 25 heavy (non-hydrogen) atoms. The van der Waals surface area contributed by atoms with E-state index >= 15 is 0 Å².